The Hall–Kier alpha value is -3.20. The van der Waals surface area contributed by atoms with Crippen molar-refractivity contribution in [3.8, 4) is 0 Å². The van der Waals surface area contributed by atoms with Crippen molar-refractivity contribution in [2.24, 2.45) is 0 Å². The number of unbranched alkanes of at least 4 members (excludes halogenated alkanes) is 1. The van der Waals surface area contributed by atoms with E-state index in [1.165, 1.54) is 0 Å². The highest BCUT2D eigenvalue weighted by atomic mass is 16.3. The van der Waals surface area contributed by atoms with E-state index in [-0.39, 0.29) is 18.3 Å². The van der Waals surface area contributed by atoms with Crippen LogP contribution in [0.2, 0.25) is 0 Å². The Morgan fingerprint density at radius 2 is 1.90 bits per heavy atom. The van der Waals surface area contributed by atoms with Gasteiger partial charge in [0.2, 0.25) is 0 Å². The highest BCUT2D eigenvalue weighted by molar-refractivity contribution is 5.86. The Bertz CT molecular complexity index is 1300. The van der Waals surface area contributed by atoms with Gasteiger partial charge in [-0.1, -0.05) is 0 Å². The maximum atomic E-state index is 13.3. The molecule has 0 atom stereocenters. The third-order valence-corrected chi connectivity index (χ3v) is 5.92. The van der Waals surface area contributed by atoms with Gasteiger partial charge in [-0.25, -0.2) is 14.8 Å². The second-order valence-corrected chi connectivity index (χ2v) is 8.34. The van der Waals surface area contributed by atoms with Gasteiger partial charge in [-0.2, -0.15) is 0 Å². The fourth-order valence-electron chi connectivity index (χ4n) is 4.27. The first-order valence-corrected chi connectivity index (χ1v) is 10.8. The van der Waals surface area contributed by atoms with Crippen LogP contribution in [0.5, 0.6) is 0 Å². The van der Waals surface area contributed by atoms with Crippen LogP contribution in [0.3, 0.4) is 0 Å². The zero-order chi connectivity index (χ0) is 21.5. The first-order chi connectivity index (χ1) is 15.1. The number of aliphatic hydroxyl groups is 1. The highest BCUT2D eigenvalue weighted by Gasteiger charge is 2.29. The molecule has 0 amide bonds. The first-order valence-electron chi connectivity index (χ1n) is 10.8. The summed E-state index contributed by atoms with van der Waals surface area (Å²) >= 11 is 0. The zero-order valence-corrected chi connectivity index (χ0v) is 17.9. The van der Waals surface area contributed by atoms with Crippen molar-refractivity contribution in [3.63, 3.8) is 0 Å². The van der Waals surface area contributed by atoms with Crippen molar-refractivity contribution < 1.29 is 5.11 Å². The van der Waals surface area contributed by atoms with Gasteiger partial charge in [0.15, 0.2) is 5.82 Å². The third-order valence-electron chi connectivity index (χ3n) is 5.92. The number of hydrogen-bond donors (Lipinski definition) is 1. The molecular weight excluding hydrogens is 394 g/mol. The lowest BCUT2D eigenvalue weighted by atomic mass is 10.3. The molecule has 0 aliphatic heterocycles. The molecule has 1 saturated carbocycles. The summed E-state index contributed by atoms with van der Waals surface area (Å²) in [7, 11) is 3.90. The van der Waals surface area contributed by atoms with Crippen molar-refractivity contribution >= 4 is 27.9 Å². The summed E-state index contributed by atoms with van der Waals surface area (Å²) in [4.78, 5) is 29.0. The quantitative estimate of drug-likeness (QED) is 0.438. The van der Waals surface area contributed by atoms with Gasteiger partial charge in [0, 0.05) is 45.7 Å². The van der Waals surface area contributed by atoms with Crippen LogP contribution >= 0.6 is 0 Å². The molecule has 9 nitrogen and oxygen atoms in total. The number of aromatic nitrogens is 6. The van der Waals surface area contributed by atoms with Crippen LogP contribution in [-0.2, 0) is 13.1 Å². The second-order valence-electron chi connectivity index (χ2n) is 8.34. The van der Waals surface area contributed by atoms with E-state index in [9.17, 15) is 9.90 Å². The average Bonchev–Trinajstić information content (AvgIpc) is 3.48. The summed E-state index contributed by atoms with van der Waals surface area (Å²) in [5, 5.41) is 9.25. The number of rotatable bonds is 8. The molecule has 0 unspecified atom stereocenters. The number of aliphatic hydroxyl groups excluding tert-OH is 1. The summed E-state index contributed by atoms with van der Waals surface area (Å²) < 4.78 is 5.85. The SMILES string of the molecule is CN(C)c1nccc2c1nc(Cn1c(=O)n(C3CC3)c3ccncc31)n2CCCCO. The number of imidazole rings is 2. The number of fused-ring (bicyclic) bond motifs is 2. The third kappa shape index (κ3) is 3.38. The molecule has 0 saturated heterocycles. The molecule has 4 aromatic heterocycles. The predicted octanol–water partition coefficient (Wildman–Crippen LogP) is 2.16. The standard InChI is InChI=1S/C22H27N7O2/c1-26(2)21-20-17(8-10-24-21)27(11-3-4-12-30)19(25-20)14-28-18-13-23-9-7-16(18)29(22(28)31)15-5-6-15/h7-10,13,15,30H,3-6,11-12,14H2,1-2H3. The van der Waals surface area contributed by atoms with Crippen LogP contribution in [0.4, 0.5) is 5.82 Å². The molecule has 31 heavy (non-hydrogen) atoms. The Kier molecular flexibility index (Phi) is 4.97. The minimum Gasteiger partial charge on any atom is -0.396 e. The van der Waals surface area contributed by atoms with E-state index in [4.69, 9.17) is 4.98 Å². The number of nitrogens with zero attached hydrogens (tertiary/aromatic N) is 7. The maximum absolute atomic E-state index is 13.3. The number of aryl methyl sites for hydroxylation is 1. The maximum Gasteiger partial charge on any atom is 0.329 e. The van der Waals surface area contributed by atoms with Gasteiger partial charge in [0.05, 0.1) is 29.3 Å². The van der Waals surface area contributed by atoms with E-state index in [2.05, 4.69) is 14.5 Å². The number of pyridine rings is 2. The van der Waals surface area contributed by atoms with E-state index < -0.39 is 0 Å². The van der Waals surface area contributed by atoms with E-state index in [0.717, 1.165) is 65.9 Å². The van der Waals surface area contributed by atoms with Gasteiger partial charge in [0.1, 0.15) is 11.3 Å². The average molecular weight is 422 g/mol. The fourth-order valence-corrected chi connectivity index (χ4v) is 4.27. The molecule has 9 heteroatoms. The van der Waals surface area contributed by atoms with Gasteiger partial charge in [-0.05, 0) is 37.8 Å². The first kappa shape index (κ1) is 19.7. The molecule has 0 bridgehead atoms. The lowest BCUT2D eigenvalue weighted by molar-refractivity contribution is 0.281. The predicted molar refractivity (Wildman–Crippen MR) is 120 cm³/mol. The van der Waals surface area contributed by atoms with Gasteiger partial charge in [-0.3, -0.25) is 14.1 Å². The van der Waals surface area contributed by atoms with Gasteiger partial charge < -0.3 is 14.6 Å². The molecule has 1 aliphatic rings. The van der Waals surface area contributed by atoms with E-state index >= 15 is 0 Å². The van der Waals surface area contributed by atoms with Crippen LogP contribution in [0.15, 0.2) is 35.5 Å². The molecule has 0 radical (unpaired) electrons. The molecule has 4 heterocycles. The molecule has 162 valence electrons. The Morgan fingerprint density at radius 3 is 2.65 bits per heavy atom. The normalized spacial score (nSPS) is 14.0. The molecule has 1 N–H and O–H groups in total. The monoisotopic (exact) mass is 421 g/mol. The minimum atomic E-state index is -0.00887. The summed E-state index contributed by atoms with van der Waals surface area (Å²) in [6.45, 7) is 1.24. The molecule has 0 aromatic carbocycles. The molecule has 0 spiro atoms. The summed E-state index contributed by atoms with van der Waals surface area (Å²) in [5.74, 6) is 1.61. The van der Waals surface area contributed by atoms with Crippen LogP contribution in [0, 0.1) is 0 Å². The largest absolute Gasteiger partial charge is 0.396 e. The Labute approximate surface area is 179 Å². The van der Waals surface area contributed by atoms with Crippen molar-refractivity contribution in [3.05, 3.63) is 47.0 Å². The number of hydrogen-bond acceptors (Lipinski definition) is 6. The van der Waals surface area contributed by atoms with Crippen molar-refractivity contribution in [1.29, 1.82) is 0 Å². The molecule has 1 aliphatic carbocycles. The van der Waals surface area contributed by atoms with Crippen molar-refractivity contribution in [2.75, 3.05) is 25.6 Å². The molecule has 4 aromatic rings. The van der Waals surface area contributed by atoms with Crippen LogP contribution in [0.25, 0.3) is 22.1 Å². The van der Waals surface area contributed by atoms with E-state index in [1.54, 1.807) is 23.2 Å². The minimum absolute atomic E-state index is 0.00887. The lowest BCUT2D eigenvalue weighted by Gasteiger charge is -2.12. The lowest BCUT2D eigenvalue weighted by Crippen LogP contribution is -2.25. The van der Waals surface area contributed by atoms with Crippen LogP contribution in [0.1, 0.15) is 37.5 Å². The summed E-state index contributed by atoms with van der Waals surface area (Å²) in [6.07, 6.45) is 8.92. The summed E-state index contributed by atoms with van der Waals surface area (Å²) in [5.41, 5.74) is 3.57. The van der Waals surface area contributed by atoms with Crippen molar-refractivity contribution in [1.82, 2.24) is 28.7 Å². The summed E-state index contributed by atoms with van der Waals surface area (Å²) in [6, 6.07) is 4.17. The highest BCUT2D eigenvalue weighted by Crippen LogP contribution is 2.36. The van der Waals surface area contributed by atoms with E-state index in [0.29, 0.717) is 6.54 Å². The van der Waals surface area contributed by atoms with Gasteiger partial charge >= 0.3 is 5.69 Å². The van der Waals surface area contributed by atoms with Gasteiger partial charge in [-0.15, -0.1) is 0 Å². The molecule has 5 rings (SSSR count). The molecule has 1 fully saturated rings. The van der Waals surface area contributed by atoms with E-state index in [1.807, 2.05) is 35.7 Å². The van der Waals surface area contributed by atoms with Crippen LogP contribution < -0.4 is 10.6 Å². The topological polar surface area (TPSA) is 94.0 Å². The van der Waals surface area contributed by atoms with Gasteiger partial charge in [0.25, 0.3) is 0 Å². The number of anilines is 1. The Balaban J connectivity index is 1.65. The second kappa shape index (κ2) is 7.81. The molecular formula is C22H27N7O2. The fraction of sp³-hybridized carbons (Fsp3) is 0.455. The zero-order valence-electron chi connectivity index (χ0n) is 17.9. The Morgan fingerprint density at radius 1 is 1.10 bits per heavy atom. The smallest absolute Gasteiger partial charge is 0.329 e. The van der Waals surface area contributed by atoms with Crippen LogP contribution in [-0.4, -0.2) is 54.5 Å². The van der Waals surface area contributed by atoms with Crippen molar-refractivity contribution in [2.45, 2.75) is 44.8 Å².